The molecular formula is C26H26Cl2FN3O3. The summed E-state index contributed by atoms with van der Waals surface area (Å²) in [5.74, 6) is -0.389. The molecule has 1 atom stereocenters. The monoisotopic (exact) mass is 517 g/mol. The number of halogens is 3. The second-order valence-corrected chi connectivity index (χ2v) is 10.6. The van der Waals surface area contributed by atoms with Gasteiger partial charge in [-0.2, -0.15) is 0 Å². The van der Waals surface area contributed by atoms with Crippen LogP contribution in [0.3, 0.4) is 0 Å². The Morgan fingerprint density at radius 3 is 2.77 bits per heavy atom. The van der Waals surface area contributed by atoms with Gasteiger partial charge >= 0.3 is 0 Å². The summed E-state index contributed by atoms with van der Waals surface area (Å²) >= 11 is 11.7. The lowest BCUT2D eigenvalue weighted by molar-refractivity contribution is 0.0585. The Kier molecular flexibility index (Phi) is 6.61. The third-order valence-electron chi connectivity index (χ3n) is 7.04. The van der Waals surface area contributed by atoms with Crippen molar-refractivity contribution in [3.63, 3.8) is 0 Å². The number of benzene rings is 2. The number of nitrogens with zero attached hydrogens (tertiary/aromatic N) is 1. The molecule has 0 spiro atoms. The van der Waals surface area contributed by atoms with Crippen LogP contribution in [0.15, 0.2) is 48.5 Å². The van der Waals surface area contributed by atoms with E-state index in [0.29, 0.717) is 23.0 Å². The van der Waals surface area contributed by atoms with Gasteiger partial charge in [-0.3, -0.25) is 4.79 Å². The van der Waals surface area contributed by atoms with Gasteiger partial charge < -0.3 is 20.5 Å². The van der Waals surface area contributed by atoms with Crippen LogP contribution in [0.1, 0.15) is 36.2 Å². The highest BCUT2D eigenvalue weighted by Gasteiger charge is 2.60. The number of rotatable bonds is 9. The zero-order chi connectivity index (χ0) is 24.6. The number of aromatic nitrogens is 1. The fourth-order valence-electron chi connectivity index (χ4n) is 5.46. The van der Waals surface area contributed by atoms with Crippen molar-refractivity contribution >= 4 is 40.0 Å². The van der Waals surface area contributed by atoms with Crippen molar-refractivity contribution in [2.45, 2.75) is 37.3 Å². The molecule has 2 aromatic carbocycles. The van der Waals surface area contributed by atoms with Gasteiger partial charge in [-0.15, -0.1) is 0 Å². The van der Waals surface area contributed by atoms with Gasteiger partial charge in [0.25, 0.3) is 5.91 Å². The van der Waals surface area contributed by atoms with Gasteiger partial charge in [0, 0.05) is 35.1 Å². The summed E-state index contributed by atoms with van der Waals surface area (Å²) < 4.78 is 18.9. The maximum atomic E-state index is 13.5. The molecule has 0 saturated heterocycles. The number of aliphatic hydroxyl groups excluding tert-OH is 1. The molecule has 3 fully saturated rings. The summed E-state index contributed by atoms with van der Waals surface area (Å²) in [6.45, 7) is 1.17. The number of hydrogen-bond acceptors (Lipinski definition) is 5. The zero-order valence-corrected chi connectivity index (χ0v) is 20.5. The molecule has 3 aliphatic rings. The molecule has 6 rings (SSSR count). The molecule has 1 unspecified atom stereocenters. The molecule has 3 aromatic rings. The number of nitrogens with one attached hydrogen (secondary N) is 2. The summed E-state index contributed by atoms with van der Waals surface area (Å²) in [5.41, 5.74) is 1.08. The minimum atomic E-state index is -0.732. The largest absolute Gasteiger partial charge is 0.491 e. The minimum Gasteiger partial charge on any atom is -0.491 e. The zero-order valence-electron chi connectivity index (χ0n) is 19.0. The highest BCUT2D eigenvalue weighted by molar-refractivity contribution is 6.31. The fraction of sp³-hybridized carbons (Fsp3) is 0.385. The van der Waals surface area contributed by atoms with Crippen molar-refractivity contribution in [3.8, 4) is 5.75 Å². The van der Waals surface area contributed by atoms with Crippen molar-refractivity contribution in [2.24, 2.45) is 5.41 Å². The van der Waals surface area contributed by atoms with E-state index in [2.05, 4.69) is 15.6 Å². The molecule has 6 nitrogen and oxygen atoms in total. The summed E-state index contributed by atoms with van der Waals surface area (Å²) in [6, 6.07) is 13.2. The van der Waals surface area contributed by atoms with E-state index >= 15 is 0 Å². The normalized spacial score (nSPS) is 23.7. The van der Waals surface area contributed by atoms with Gasteiger partial charge in [0.1, 0.15) is 30.0 Å². The molecule has 1 heterocycles. The van der Waals surface area contributed by atoms with Gasteiger partial charge in [-0.25, -0.2) is 9.37 Å². The van der Waals surface area contributed by atoms with Crippen LogP contribution in [-0.2, 0) is 0 Å². The number of carbonyl (C=O) groups excluding carboxylic acids is 1. The Morgan fingerprint density at radius 2 is 1.97 bits per heavy atom. The van der Waals surface area contributed by atoms with E-state index in [1.807, 2.05) is 18.2 Å². The van der Waals surface area contributed by atoms with E-state index in [1.165, 1.54) is 12.1 Å². The Bertz CT molecular complexity index is 1270. The molecule has 0 aliphatic heterocycles. The Morgan fingerprint density at radius 1 is 1.14 bits per heavy atom. The number of fused-ring (bicyclic) bond motifs is 2. The summed E-state index contributed by atoms with van der Waals surface area (Å²) in [4.78, 5) is 17.4. The van der Waals surface area contributed by atoms with Crippen LogP contribution in [0.5, 0.6) is 5.75 Å². The molecular weight excluding hydrogens is 492 g/mol. The second-order valence-electron chi connectivity index (χ2n) is 9.79. The van der Waals surface area contributed by atoms with Crippen LogP contribution < -0.4 is 15.4 Å². The SMILES string of the molecule is O=C(NC12CCC(CNCC(O)COc3ccc(Cl)c(F)c3)(C1)C2)c1ccc2cc(Cl)ccc2n1. The number of hydrogen-bond donors (Lipinski definition) is 3. The van der Waals surface area contributed by atoms with Crippen molar-refractivity contribution in [2.75, 3.05) is 19.7 Å². The molecule has 3 N–H and O–H groups in total. The van der Waals surface area contributed by atoms with E-state index in [1.54, 1.807) is 18.2 Å². The molecule has 1 amide bonds. The van der Waals surface area contributed by atoms with Crippen LogP contribution in [0.25, 0.3) is 10.9 Å². The first-order chi connectivity index (χ1) is 16.7. The topological polar surface area (TPSA) is 83.5 Å². The van der Waals surface area contributed by atoms with Crippen LogP contribution in [0.4, 0.5) is 4.39 Å². The lowest BCUT2D eigenvalue weighted by atomic mass is 9.65. The Balaban J connectivity index is 1.07. The van der Waals surface area contributed by atoms with Gasteiger partial charge in [-0.05, 0) is 67.5 Å². The van der Waals surface area contributed by atoms with E-state index in [9.17, 15) is 14.3 Å². The lowest BCUT2D eigenvalue weighted by Gasteiger charge is -2.48. The number of pyridine rings is 1. The van der Waals surface area contributed by atoms with Crippen molar-refractivity contribution in [1.29, 1.82) is 0 Å². The van der Waals surface area contributed by atoms with Gasteiger partial charge in [0.15, 0.2) is 0 Å². The number of aliphatic hydroxyl groups is 1. The number of amides is 1. The molecule has 3 saturated carbocycles. The van der Waals surface area contributed by atoms with Crippen molar-refractivity contribution < 1.29 is 19.0 Å². The first-order valence-corrected chi connectivity index (χ1v) is 12.4. The molecule has 2 bridgehead atoms. The van der Waals surface area contributed by atoms with Crippen molar-refractivity contribution in [1.82, 2.24) is 15.6 Å². The quantitative estimate of drug-likeness (QED) is 0.381. The third kappa shape index (κ3) is 5.23. The Hall–Kier alpha value is -2.45. The highest BCUT2D eigenvalue weighted by Crippen LogP contribution is 2.61. The maximum absolute atomic E-state index is 13.5. The number of carbonyl (C=O) groups is 1. The molecule has 1 aromatic heterocycles. The summed E-state index contributed by atoms with van der Waals surface area (Å²) in [6.07, 6.45) is 3.01. The first kappa shape index (κ1) is 24.3. The summed E-state index contributed by atoms with van der Waals surface area (Å²) in [5, 5.41) is 18.3. The number of ether oxygens (including phenoxy) is 1. The van der Waals surface area contributed by atoms with E-state index in [-0.39, 0.29) is 28.5 Å². The predicted octanol–water partition coefficient (Wildman–Crippen LogP) is 4.75. The molecule has 184 valence electrons. The van der Waals surface area contributed by atoms with Crippen LogP contribution in [0.2, 0.25) is 10.0 Å². The van der Waals surface area contributed by atoms with Gasteiger partial charge in [0.05, 0.1) is 10.5 Å². The molecule has 35 heavy (non-hydrogen) atoms. The highest BCUT2D eigenvalue weighted by atomic mass is 35.5. The van der Waals surface area contributed by atoms with Crippen LogP contribution in [0, 0.1) is 11.2 Å². The molecule has 9 heteroatoms. The Labute approximate surface area is 212 Å². The standard InChI is InChI=1S/C26H26Cl2FN3O3/c27-17-2-6-22-16(9-17)1-5-23(31-22)24(34)32-26-8-7-25(13-26,14-26)15-30-11-18(33)12-35-19-3-4-20(28)21(29)10-19/h1-6,9-10,18,30,33H,7-8,11-15H2,(H,32,34). The van der Waals surface area contributed by atoms with E-state index in [4.69, 9.17) is 27.9 Å². The average molecular weight is 518 g/mol. The molecule has 0 radical (unpaired) electrons. The second kappa shape index (κ2) is 9.54. The lowest BCUT2D eigenvalue weighted by Crippen LogP contribution is -2.58. The predicted molar refractivity (Wildman–Crippen MR) is 134 cm³/mol. The van der Waals surface area contributed by atoms with Crippen LogP contribution >= 0.6 is 23.2 Å². The van der Waals surface area contributed by atoms with E-state index < -0.39 is 11.9 Å². The fourth-order valence-corrected chi connectivity index (χ4v) is 5.75. The maximum Gasteiger partial charge on any atom is 0.270 e. The third-order valence-corrected chi connectivity index (χ3v) is 7.58. The summed E-state index contributed by atoms with van der Waals surface area (Å²) in [7, 11) is 0. The smallest absolute Gasteiger partial charge is 0.270 e. The minimum absolute atomic E-state index is 0.0297. The van der Waals surface area contributed by atoms with Crippen molar-refractivity contribution in [3.05, 3.63) is 70.1 Å². The van der Waals surface area contributed by atoms with Crippen LogP contribution in [-0.4, -0.2) is 47.3 Å². The van der Waals surface area contributed by atoms with E-state index in [0.717, 1.165) is 43.1 Å². The average Bonchev–Trinajstić information content (AvgIpc) is 3.34. The van der Waals surface area contributed by atoms with Gasteiger partial charge in [-0.1, -0.05) is 29.3 Å². The van der Waals surface area contributed by atoms with Gasteiger partial charge in [0.2, 0.25) is 0 Å². The first-order valence-electron chi connectivity index (χ1n) is 11.6. The molecule has 3 aliphatic carbocycles.